The second-order valence-electron chi connectivity index (χ2n) is 8.85. The summed E-state index contributed by atoms with van der Waals surface area (Å²) in [6.07, 6.45) is 2.84. The van der Waals surface area contributed by atoms with E-state index in [0.29, 0.717) is 29.8 Å². The van der Waals surface area contributed by atoms with Crippen LogP contribution in [0.5, 0.6) is 0 Å². The number of nitrogens with one attached hydrogen (secondary N) is 1. The number of rotatable bonds is 4. The van der Waals surface area contributed by atoms with Gasteiger partial charge in [-0.15, -0.1) is 0 Å². The average Bonchev–Trinajstić information content (AvgIpc) is 3.48. The van der Waals surface area contributed by atoms with Crippen molar-refractivity contribution < 1.29 is 14.3 Å². The summed E-state index contributed by atoms with van der Waals surface area (Å²) in [6.45, 7) is 4.04. The number of carbonyl (C=O) groups is 1. The highest BCUT2D eigenvalue weighted by molar-refractivity contribution is 8.13. The predicted molar refractivity (Wildman–Crippen MR) is 131 cm³/mol. The molecule has 0 aliphatic carbocycles. The van der Waals surface area contributed by atoms with E-state index in [1.807, 2.05) is 29.2 Å². The van der Waals surface area contributed by atoms with Crippen molar-refractivity contribution >= 4 is 40.3 Å². The third-order valence-electron chi connectivity index (χ3n) is 5.99. The van der Waals surface area contributed by atoms with Crippen LogP contribution in [0.2, 0.25) is 0 Å². The van der Waals surface area contributed by atoms with Crippen molar-refractivity contribution in [1.29, 1.82) is 0 Å². The number of hydrogen-bond donors (Lipinski definition) is 2. The van der Waals surface area contributed by atoms with Crippen molar-refractivity contribution in [2.24, 2.45) is 10.9 Å². The van der Waals surface area contributed by atoms with Crippen LogP contribution in [-0.2, 0) is 11.1 Å². The van der Waals surface area contributed by atoms with Crippen molar-refractivity contribution in [1.82, 2.24) is 19.7 Å². The van der Waals surface area contributed by atoms with Gasteiger partial charge in [0.15, 0.2) is 11.0 Å². The van der Waals surface area contributed by atoms with E-state index in [1.165, 1.54) is 37.1 Å². The number of thioether (sulfide) groups is 1. The van der Waals surface area contributed by atoms with Gasteiger partial charge < -0.3 is 15.3 Å². The molecular formula is C23H23FN6O2S2. The number of hydrogen-bond acceptors (Lipinski definition) is 9. The van der Waals surface area contributed by atoms with E-state index in [9.17, 15) is 14.3 Å². The van der Waals surface area contributed by atoms with E-state index in [0.717, 1.165) is 16.8 Å². The minimum absolute atomic E-state index is 0.0482. The van der Waals surface area contributed by atoms with Gasteiger partial charge in [0, 0.05) is 30.0 Å². The maximum absolute atomic E-state index is 14.3. The first-order valence-electron chi connectivity index (χ1n) is 10.8. The van der Waals surface area contributed by atoms with E-state index in [2.05, 4.69) is 19.7 Å². The van der Waals surface area contributed by atoms with Gasteiger partial charge in [0.25, 0.3) is 5.91 Å². The Hall–Kier alpha value is -2.89. The summed E-state index contributed by atoms with van der Waals surface area (Å²) in [5.41, 5.74) is -1.57. The highest BCUT2D eigenvalue weighted by atomic mass is 32.2. The molecule has 8 nitrogen and oxygen atoms in total. The first-order chi connectivity index (χ1) is 16.3. The molecule has 1 amide bonds. The van der Waals surface area contributed by atoms with Crippen molar-refractivity contribution in [3.8, 4) is 0 Å². The fourth-order valence-electron chi connectivity index (χ4n) is 4.30. The van der Waals surface area contributed by atoms with Gasteiger partial charge in [-0.2, -0.15) is 0 Å². The van der Waals surface area contributed by atoms with E-state index in [1.54, 1.807) is 18.3 Å². The number of aliphatic imine (C=N–C) groups is 1. The number of amides is 1. The standard InChI is InChI=1S/C23H23FN6O2S2/c1-22(2,32)18-16(24)10-25-20(27-18)30-11-15-12-33-21(28-19(31)14-6-4-3-5-7-14)29-23(15,13-30)17-8-9-26-34-17/h3-10,15,32H,11-13H2,1-2H3,(H,28,29,31)/t15-,23?/m0/s1. The molecule has 0 radical (unpaired) electrons. The van der Waals surface area contributed by atoms with Crippen molar-refractivity contribution in [3.05, 3.63) is 70.7 Å². The number of halogens is 1. The lowest BCUT2D eigenvalue weighted by Gasteiger charge is -2.33. The summed E-state index contributed by atoms with van der Waals surface area (Å²) < 4.78 is 18.6. The fourth-order valence-corrected chi connectivity index (χ4v) is 6.22. The molecule has 0 spiro atoms. The maximum Gasteiger partial charge on any atom is 0.257 e. The van der Waals surface area contributed by atoms with Gasteiger partial charge in [-0.25, -0.2) is 23.7 Å². The Kier molecular flexibility index (Phi) is 5.86. The topological polar surface area (TPSA) is 104 Å². The third kappa shape index (κ3) is 4.19. The molecule has 2 aliphatic rings. The van der Waals surface area contributed by atoms with Crippen LogP contribution in [0.1, 0.15) is 34.8 Å². The van der Waals surface area contributed by atoms with Crippen LogP contribution in [0.4, 0.5) is 10.3 Å². The molecule has 2 atom stereocenters. The normalized spacial score (nSPS) is 22.3. The summed E-state index contributed by atoms with van der Waals surface area (Å²) in [5.74, 6) is 0.309. The second-order valence-corrected chi connectivity index (χ2v) is 10.7. The van der Waals surface area contributed by atoms with Crippen LogP contribution in [-0.4, -0.2) is 49.4 Å². The zero-order valence-corrected chi connectivity index (χ0v) is 20.2. The molecule has 1 fully saturated rings. The highest BCUT2D eigenvalue weighted by Gasteiger charge is 2.52. The van der Waals surface area contributed by atoms with Crippen LogP contribution in [0.15, 0.2) is 53.8 Å². The van der Waals surface area contributed by atoms with Gasteiger partial charge in [0.2, 0.25) is 5.95 Å². The first kappa shape index (κ1) is 22.9. The van der Waals surface area contributed by atoms with Crippen LogP contribution >= 0.6 is 23.3 Å². The van der Waals surface area contributed by atoms with Crippen molar-refractivity contribution in [2.75, 3.05) is 23.7 Å². The quantitative estimate of drug-likeness (QED) is 0.570. The monoisotopic (exact) mass is 498 g/mol. The minimum Gasteiger partial charge on any atom is -0.384 e. The van der Waals surface area contributed by atoms with E-state index < -0.39 is 17.0 Å². The van der Waals surface area contributed by atoms with Crippen LogP contribution < -0.4 is 10.2 Å². The van der Waals surface area contributed by atoms with Crippen LogP contribution in [0.25, 0.3) is 0 Å². The second kappa shape index (κ2) is 8.71. The molecule has 1 unspecified atom stereocenters. The molecule has 4 heterocycles. The van der Waals surface area contributed by atoms with Gasteiger partial charge in [0.1, 0.15) is 16.8 Å². The van der Waals surface area contributed by atoms with Crippen LogP contribution in [0.3, 0.4) is 0 Å². The molecule has 2 N–H and O–H groups in total. The molecule has 3 aromatic rings. The van der Waals surface area contributed by atoms with Crippen molar-refractivity contribution in [2.45, 2.75) is 25.0 Å². The number of aromatic nitrogens is 3. The van der Waals surface area contributed by atoms with E-state index in [-0.39, 0.29) is 17.5 Å². The van der Waals surface area contributed by atoms with Crippen LogP contribution in [0, 0.1) is 11.7 Å². The zero-order valence-electron chi connectivity index (χ0n) is 18.6. The maximum atomic E-state index is 14.3. The molecule has 5 rings (SSSR count). The molecule has 0 saturated carbocycles. The number of carbonyl (C=O) groups excluding carboxylic acids is 1. The van der Waals surface area contributed by atoms with Gasteiger partial charge in [0.05, 0.1) is 17.6 Å². The van der Waals surface area contributed by atoms with Crippen molar-refractivity contribution in [3.63, 3.8) is 0 Å². The lowest BCUT2D eigenvalue weighted by atomic mass is 9.87. The lowest BCUT2D eigenvalue weighted by Crippen LogP contribution is -2.42. The smallest absolute Gasteiger partial charge is 0.257 e. The molecule has 1 saturated heterocycles. The average molecular weight is 499 g/mol. The first-order valence-corrected chi connectivity index (χ1v) is 12.5. The molecule has 11 heteroatoms. The SMILES string of the molecule is CC(C)(O)c1nc(N2C[C@H]3CSC(NC(=O)c4ccccc4)=NC3(c3ccns3)C2)ncc1F. The number of aliphatic hydroxyl groups is 1. The minimum atomic E-state index is -1.44. The summed E-state index contributed by atoms with van der Waals surface area (Å²) in [4.78, 5) is 29.3. The Morgan fingerprint density at radius 2 is 2.09 bits per heavy atom. The number of nitrogens with zero attached hydrogens (tertiary/aromatic N) is 5. The van der Waals surface area contributed by atoms with Gasteiger partial charge in [-0.05, 0) is 43.6 Å². The summed E-state index contributed by atoms with van der Waals surface area (Å²) >= 11 is 2.87. The molecular weight excluding hydrogens is 475 g/mol. The lowest BCUT2D eigenvalue weighted by molar-refractivity contribution is 0.0693. The zero-order chi connectivity index (χ0) is 23.9. The van der Waals surface area contributed by atoms with Gasteiger partial charge in [-0.3, -0.25) is 4.79 Å². The highest BCUT2D eigenvalue weighted by Crippen LogP contribution is 2.47. The third-order valence-corrected chi connectivity index (χ3v) is 7.93. The number of fused-ring (bicyclic) bond motifs is 1. The Balaban J connectivity index is 1.48. The predicted octanol–water partition coefficient (Wildman–Crippen LogP) is 3.16. The summed E-state index contributed by atoms with van der Waals surface area (Å²) in [7, 11) is 0. The number of benzene rings is 1. The largest absolute Gasteiger partial charge is 0.384 e. The molecule has 0 bridgehead atoms. The summed E-state index contributed by atoms with van der Waals surface area (Å²) in [6, 6.07) is 11.0. The van der Waals surface area contributed by atoms with E-state index >= 15 is 0 Å². The fraction of sp³-hybridized carbons (Fsp3) is 0.348. The number of amidine groups is 1. The van der Waals surface area contributed by atoms with Gasteiger partial charge in [-0.1, -0.05) is 30.0 Å². The van der Waals surface area contributed by atoms with Gasteiger partial charge >= 0.3 is 0 Å². The molecule has 34 heavy (non-hydrogen) atoms. The Bertz CT molecular complexity index is 1230. The number of anilines is 1. The molecule has 2 aromatic heterocycles. The Labute approximate surface area is 204 Å². The Morgan fingerprint density at radius 1 is 1.29 bits per heavy atom. The molecule has 1 aromatic carbocycles. The summed E-state index contributed by atoms with van der Waals surface area (Å²) in [5, 5.41) is 13.8. The molecule has 176 valence electrons. The van der Waals surface area contributed by atoms with E-state index in [4.69, 9.17) is 4.99 Å². The Morgan fingerprint density at radius 3 is 2.79 bits per heavy atom. The molecule has 2 aliphatic heterocycles.